The van der Waals surface area contributed by atoms with E-state index in [0.717, 1.165) is 47.5 Å². The molecule has 8 heteroatoms. The molecule has 0 spiro atoms. The van der Waals surface area contributed by atoms with Crippen molar-refractivity contribution in [2.24, 2.45) is 23.0 Å². The minimum atomic E-state index is -1.40. The second kappa shape index (κ2) is 9.18. The number of carbonyl (C=O) groups is 1. The van der Waals surface area contributed by atoms with Gasteiger partial charge in [0.2, 0.25) is 5.22 Å². The smallest absolute Gasteiger partial charge is 0.266 e. The molecule has 0 aliphatic heterocycles. The summed E-state index contributed by atoms with van der Waals surface area (Å²) in [5.41, 5.74) is 9.36. The summed E-state index contributed by atoms with van der Waals surface area (Å²) in [6, 6.07) is 10.1. The summed E-state index contributed by atoms with van der Waals surface area (Å²) in [5.74, 6) is 1.11. The van der Waals surface area contributed by atoms with Crippen LogP contribution in [0, 0.1) is 29.1 Å². The zero-order chi connectivity index (χ0) is 21.8. The van der Waals surface area contributed by atoms with E-state index in [-0.39, 0.29) is 11.9 Å². The first-order chi connectivity index (χ1) is 15.0. The van der Waals surface area contributed by atoms with E-state index in [4.69, 9.17) is 5.53 Å². The maximum absolute atomic E-state index is 13.4. The van der Waals surface area contributed by atoms with Crippen LogP contribution in [0.25, 0.3) is 17.2 Å². The Balaban J connectivity index is 1.39. The van der Waals surface area contributed by atoms with Crippen molar-refractivity contribution < 1.29 is 14.3 Å². The van der Waals surface area contributed by atoms with Gasteiger partial charge in [0, 0.05) is 11.8 Å². The third-order valence-corrected chi connectivity index (χ3v) is 6.57. The highest BCUT2D eigenvalue weighted by Gasteiger charge is 2.43. The molecule has 2 saturated carbocycles. The molecule has 2 fully saturated rings. The van der Waals surface area contributed by atoms with Gasteiger partial charge >= 0.3 is 0 Å². The lowest BCUT2D eigenvalue weighted by Crippen LogP contribution is -2.47. The molecule has 2 unspecified atom stereocenters. The summed E-state index contributed by atoms with van der Waals surface area (Å²) < 4.78 is 13.4. The molecule has 4 rings (SSSR count). The van der Waals surface area contributed by atoms with Crippen LogP contribution in [0.2, 0.25) is 0 Å². The number of benzene rings is 1. The third kappa shape index (κ3) is 4.70. The summed E-state index contributed by atoms with van der Waals surface area (Å²) >= 11 is 0. The quantitative estimate of drug-likeness (QED) is 0.444. The van der Waals surface area contributed by atoms with Crippen LogP contribution in [-0.2, 0) is 0 Å². The number of allylic oxidation sites excluding steroid dienone is 1. The molecule has 2 aromatic rings. The fraction of sp³-hybridized carbons (Fsp3) is 0.391. The van der Waals surface area contributed by atoms with Crippen molar-refractivity contribution in [1.29, 1.82) is 5.53 Å². The Labute approximate surface area is 179 Å². The van der Waals surface area contributed by atoms with E-state index in [1.807, 2.05) is 24.3 Å². The minimum absolute atomic E-state index is 0.264. The van der Waals surface area contributed by atoms with Crippen molar-refractivity contribution in [3.8, 4) is 11.1 Å². The van der Waals surface area contributed by atoms with Crippen LogP contribution < -0.4 is 10.0 Å². The molecule has 0 bridgehead atoms. The largest absolute Gasteiger partial charge is 0.509 e. The van der Waals surface area contributed by atoms with Gasteiger partial charge in [0.25, 0.3) is 6.09 Å². The SMILES string of the molecule is N=[N+]=NN(C(=O)[O-])C1CC[C@H]2C(C=Cc3ccc(-c4cccc(F)c4)cn3)CC[C@H]2C1. The first kappa shape index (κ1) is 20.9. The van der Waals surface area contributed by atoms with Crippen LogP contribution in [0.1, 0.15) is 37.8 Å². The van der Waals surface area contributed by atoms with Crippen molar-refractivity contribution in [2.45, 2.75) is 38.1 Å². The number of carboxylic acid groups (broad SMARTS) is 1. The van der Waals surface area contributed by atoms with Crippen molar-refractivity contribution in [3.63, 3.8) is 0 Å². The number of carbonyl (C=O) groups excluding carboxylic acids is 1. The molecular formula is C23H24FN5O2. The van der Waals surface area contributed by atoms with E-state index < -0.39 is 6.09 Å². The second-order valence-electron chi connectivity index (χ2n) is 8.27. The molecule has 7 nitrogen and oxygen atoms in total. The van der Waals surface area contributed by atoms with Gasteiger partial charge in [0.1, 0.15) is 11.9 Å². The molecule has 31 heavy (non-hydrogen) atoms. The fourth-order valence-corrected chi connectivity index (χ4v) is 5.11. The van der Waals surface area contributed by atoms with Crippen molar-refractivity contribution >= 4 is 12.2 Å². The first-order valence-corrected chi connectivity index (χ1v) is 10.5. The number of aromatic nitrogens is 1. The molecule has 2 aliphatic carbocycles. The molecule has 2 aliphatic rings. The topological polar surface area (TPSA) is 107 Å². The first-order valence-electron chi connectivity index (χ1n) is 10.5. The number of pyridine rings is 1. The Morgan fingerprint density at radius 3 is 2.81 bits per heavy atom. The van der Waals surface area contributed by atoms with E-state index in [9.17, 15) is 14.3 Å². The number of amides is 1. The lowest BCUT2D eigenvalue weighted by molar-refractivity contribution is -0.269. The monoisotopic (exact) mass is 421 g/mol. The van der Waals surface area contributed by atoms with E-state index in [2.05, 4.69) is 21.2 Å². The highest BCUT2D eigenvalue weighted by molar-refractivity contribution is 5.63. The Morgan fingerprint density at radius 1 is 1.23 bits per heavy atom. The van der Waals surface area contributed by atoms with Gasteiger partial charge in [0.15, 0.2) is 0 Å². The Bertz CT molecular complexity index is 1020. The highest BCUT2D eigenvalue weighted by atomic mass is 19.1. The van der Waals surface area contributed by atoms with Crippen LogP contribution >= 0.6 is 0 Å². The van der Waals surface area contributed by atoms with E-state index in [1.165, 1.54) is 12.1 Å². The Hall–Kier alpha value is -3.38. The predicted octanol–water partition coefficient (Wildman–Crippen LogP) is 4.21. The molecule has 4 atom stereocenters. The molecule has 1 N–H and O–H groups in total. The maximum Gasteiger partial charge on any atom is 0.266 e. The molecule has 1 amide bonds. The van der Waals surface area contributed by atoms with Crippen LogP contribution in [0.5, 0.6) is 0 Å². The number of nitrogens with one attached hydrogen (secondary N) is 1. The lowest BCUT2D eigenvalue weighted by Gasteiger charge is -2.33. The van der Waals surface area contributed by atoms with Gasteiger partial charge in [-0.1, -0.05) is 29.3 Å². The zero-order valence-corrected chi connectivity index (χ0v) is 17.0. The third-order valence-electron chi connectivity index (χ3n) is 6.57. The molecule has 1 aromatic carbocycles. The fourth-order valence-electron chi connectivity index (χ4n) is 5.11. The predicted molar refractivity (Wildman–Crippen MR) is 111 cm³/mol. The van der Waals surface area contributed by atoms with Crippen LogP contribution in [0.15, 0.2) is 53.9 Å². The average molecular weight is 421 g/mol. The van der Waals surface area contributed by atoms with Gasteiger partial charge in [-0.3, -0.25) is 4.98 Å². The molecule has 1 aromatic heterocycles. The number of hydrogen-bond donors (Lipinski definition) is 1. The van der Waals surface area contributed by atoms with Gasteiger partial charge in [-0.05, 0) is 85.2 Å². The summed E-state index contributed by atoms with van der Waals surface area (Å²) in [6.45, 7) is 0. The normalized spacial score (nSPS) is 25.1. The molecular weight excluding hydrogens is 397 g/mol. The van der Waals surface area contributed by atoms with E-state index >= 15 is 0 Å². The Kier molecular flexibility index (Phi) is 6.18. The Morgan fingerprint density at radius 2 is 2.10 bits per heavy atom. The van der Waals surface area contributed by atoms with Crippen molar-refractivity contribution in [1.82, 2.24) is 14.9 Å². The van der Waals surface area contributed by atoms with Crippen molar-refractivity contribution in [3.05, 3.63) is 60.2 Å². The zero-order valence-electron chi connectivity index (χ0n) is 17.0. The number of nitrogens with zero attached hydrogens (tertiary/aromatic N) is 4. The molecule has 0 saturated heterocycles. The van der Waals surface area contributed by atoms with Crippen LogP contribution in [-0.4, -0.2) is 22.1 Å². The number of rotatable bonds is 5. The van der Waals surface area contributed by atoms with E-state index in [0.29, 0.717) is 24.2 Å². The minimum Gasteiger partial charge on any atom is -0.509 e. The van der Waals surface area contributed by atoms with Gasteiger partial charge in [-0.15, -0.1) is 0 Å². The highest BCUT2D eigenvalue weighted by Crippen LogP contribution is 2.47. The van der Waals surface area contributed by atoms with Gasteiger partial charge in [-0.25, -0.2) is 4.39 Å². The van der Waals surface area contributed by atoms with Crippen LogP contribution in [0.4, 0.5) is 9.18 Å². The summed E-state index contributed by atoms with van der Waals surface area (Å²) in [5, 5.41) is 15.5. The van der Waals surface area contributed by atoms with Gasteiger partial charge < -0.3 is 9.90 Å². The summed E-state index contributed by atoms with van der Waals surface area (Å²) in [6.07, 6.45) is 9.04. The number of hydrogen-bond acceptors (Lipinski definition) is 5. The van der Waals surface area contributed by atoms with Crippen molar-refractivity contribution in [2.75, 3.05) is 0 Å². The standard InChI is InChI=1S/C23H24FN5O2/c24-19-3-1-2-16(12-19)18-7-9-20(26-14-18)8-6-15-4-5-17-13-21(10-11-22(15)17)29(23(30)31)28-27-25/h1-3,6-9,12,14-15,17,21-22,25H,4-5,10-11,13H2/t15?,17-,21?,22-/m0/s1. The van der Waals surface area contributed by atoms with Gasteiger partial charge in [-0.2, -0.15) is 0 Å². The average Bonchev–Trinajstić information content (AvgIpc) is 3.18. The maximum atomic E-state index is 13.4. The molecule has 0 radical (unpaired) electrons. The summed E-state index contributed by atoms with van der Waals surface area (Å²) in [7, 11) is 0. The van der Waals surface area contributed by atoms with E-state index in [1.54, 1.807) is 12.3 Å². The lowest BCUT2D eigenvalue weighted by atomic mass is 9.75. The second-order valence-corrected chi connectivity index (χ2v) is 8.27. The molecule has 1 heterocycles. The van der Waals surface area contributed by atoms with Gasteiger partial charge in [0.05, 0.1) is 10.6 Å². The summed E-state index contributed by atoms with van der Waals surface area (Å²) in [4.78, 5) is 18.6. The van der Waals surface area contributed by atoms with Crippen LogP contribution in [0.3, 0.4) is 0 Å². The number of fused-ring (bicyclic) bond motifs is 1. The molecule has 160 valence electrons. The number of halogens is 1.